The van der Waals surface area contributed by atoms with Gasteiger partial charge in [-0.2, -0.15) is 0 Å². The number of rotatable bonds is 2. The van der Waals surface area contributed by atoms with Gasteiger partial charge in [0.25, 0.3) is 0 Å². The third-order valence-corrected chi connectivity index (χ3v) is 6.18. The lowest BCUT2D eigenvalue weighted by atomic mass is 9.84. The van der Waals surface area contributed by atoms with Crippen LogP contribution in [0.3, 0.4) is 0 Å². The molecule has 2 aliphatic heterocycles. The predicted molar refractivity (Wildman–Crippen MR) is 111 cm³/mol. The average Bonchev–Trinajstić information content (AvgIpc) is 2.68. The molecule has 2 aromatic carbocycles. The first-order valence-electron chi connectivity index (χ1n) is 9.34. The number of nitrogens with zero attached hydrogens (tertiary/aromatic N) is 2. The number of amides is 2. The van der Waals surface area contributed by atoms with Gasteiger partial charge in [0.2, 0.25) is 0 Å². The van der Waals surface area contributed by atoms with E-state index in [0.29, 0.717) is 29.8 Å². The number of likely N-dealkylation sites (N-methyl/N-ethyl adjacent to an activating group) is 1. The standard InChI is InChI=1S/C21H23Cl2N3O2/c1-25-10-17(16-8-15(22)9-19(23)18(16)11-25)13-2-4-14(5-3-13)20-12-28-7-6-26(20)21(24)27/h2-5,8-9,17,20H,6-7,10-12H2,1H3,(H2,24,27). The monoisotopic (exact) mass is 419 g/mol. The van der Waals surface area contributed by atoms with Crippen molar-refractivity contribution < 1.29 is 9.53 Å². The maximum atomic E-state index is 11.8. The number of nitrogens with two attached hydrogens (primary N) is 1. The average molecular weight is 420 g/mol. The molecule has 4 rings (SSSR count). The van der Waals surface area contributed by atoms with Gasteiger partial charge in [0.05, 0.1) is 19.3 Å². The Kier molecular flexibility index (Phi) is 5.52. The first kappa shape index (κ1) is 19.5. The third kappa shape index (κ3) is 3.72. The van der Waals surface area contributed by atoms with Gasteiger partial charge in [-0.05, 0) is 41.4 Å². The lowest BCUT2D eigenvalue weighted by molar-refractivity contribution is 0.0137. The number of hydrogen-bond donors (Lipinski definition) is 1. The minimum Gasteiger partial charge on any atom is -0.377 e. The summed E-state index contributed by atoms with van der Waals surface area (Å²) in [6, 6.07) is 11.6. The van der Waals surface area contributed by atoms with E-state index in [4.69, 9.17) is 33.7 Å². The van der Waals surface area contributed by atoms with Crippen LogP contribution >= 0.6 is 23.2 Å². The van der Waals surface area contributed by atoms with Crippen molar-refractivity contribution in [3.05, 3.63) is 68.7 Å². The number of morpholine rings is 1. The lowest BCUT2D eigenvalue weighted by Gasteiger charge is -2.35. The van der Waals surface area contributed by atoms with E-state index >= 15 is 0 Å². The molecule has 2 atom stereocenters. The van der Waals surface area contributed by atoms with E-state index in [0.717, 1.165) is 24.2 Å². The molecule has 0 radical (unpaired) electrons. The number of benzene rings is 2. The van der Waals surface area contributed by atoms with E-state index in [1.807, 2.05) is 12.1 Å². The Morgan fingerprint density at radius 3 is 2.61 bits per heavy atom. The molecule has 2 heterocycles. The fourth-order valence-corrected chi connectivity index (χ4v) is 4.79. The van der Waals surface area contributed by atoms with Crippen LogP contribution in [0.15, 0.2) is 36.4 Å². The van der Waals surface area contributed by atoms with Gasteiger partial charge in [-0.3, -0.25) is 0 Å². The molecule has 148 valence electrons. The number of fused-ring (bicyclic) bond motifs is 1. The molecule has 2 amide bonds. The highest BCUT2D eigenvalue weighted by Crippen LogP contribution is 2.38. The molecule has 5 nitrogen and oxygen atoms in total. The number of hydrogen-bond acceptors (Lipinski definition) is 3. The maximum Gasteiger partial charge on any atom is 0.315 e. The molecule has 1 fully saturated rings. The summed E-state index contributed by atoms with van der Waals surface area (Å²) in [6.07, 6.45) is 0. The fourth-order valence-electron chi connectivity index (χ4n) is 4.22. The van der Waals surface area contributed by atoms with Gasteiger partial charge in [0.15, 0.2) is 0 Å². The number of carbonyl (C=O) groups is 1. The quantitative estimate of drug-likeness (QED) is 0.799. The van der Waals surface area contributed by atoms with Crippen LogP contribution in [0.2, 0.25) is 10.0 Å². The van der Waals surface area contributed by atoms with E-state index in [1.54, 1.807) is 4.90 Å². The molecule has 28 heavy (non-hydrogen) atoms. The first-order chi connectivity index (χ1) is 13.4. The molecule has 7 heteroatoms. The highest BCUT2D eigenvalue weighted by molar-refractivity contribution is 6.35. The van der Waals surface area contributed by atoms with E-state index in [1.165, 1.54) is 11.1 Å². The summed E-state index contributed by atoms with van der Waals surface area (Å²) in [4.78, 5) is 15.7. The van der Waals surface area contributed by atoms with E-state index in [-0.39, 0.29) is 12.0 Å². The van der Waals surface area contributed by atoms with Gasteiger partial charge < -0.3 is 20.3 Å². The van der Waals surface area contributed by atoms with Crippen molar-refractivity contribution in [2.75, 3.05) is 33.4 Å². The molecule has 2 aromatic rings. The molecule has 0 bridgehead atoms. The summed E-state index contributed by atoms with van der Waals surface area (Å²) in [7, 11) is 2.10. The summed E-state index contributed by atoms with van der Waals surface area (Å²) in [5, 5.41) is 1.37. The second-order valence-electron chi connectivity index (χ2n) is 7.49. The zero-order valence-electron chi connectivity index (χ0n) is 15.7. The normalized spacial score (nSPS) is 22.8. The summed E-state index contributed by atoms with van der Waals surface area (Å²) in [5.74, 6) is 0.189. The SMILES string of the molecule is CN1Cc2c(Cl)cc(Cl)cc2C(c2ccc(C3COCCN3C(N)=O)cc2)C1. The summed E-state index contributed by atoms with van der Waals surface area (Å²) in [6.45, 7) is 3.20. The highest BCUT2D eigenvalue weighted by atomic mass is 35.5. The van der Waals surface area contributed by atoms with Crippen LogP contribution in [0.5, 0.6) is 0 Å². The van der Waals surface area contributed by atoms with Crippen molar-refractivity contribution >= 4 is 29.2 Å². The maximum absolute atomic E-state index is 11.8. The largest absolute Gasteiger partial charge is 0.377 e. The van der Waals surface area contributed by atoms with Crippen molar-refractivity contribution in [2.24, 2.45) is 5.73 Å². The summed E-state index contributed by atoms with van der Waals surface area (Å²) in [5.41, 5.74) is 10.1. The molecular weight excluding hydrogens is 397 g/mol. The minimum atomic E-state index is -0.413. The Balaban J connectivity index is 1.66. The Morgan fingerprint density at radius 1 is 1.18 bits per heavy atom. The Bertz CT molecular complexity index is 888. The third-order valence-electron chi connectivity index (χ3n) is 5.63. The van der Waals surface area contributed by atoms with Crippen LogP contribution in [0.4, 0.5) is 4.79 Å². The van der Waals surface area contributed by atoms with Crippen molar-refractivity contribution in [2.45, 2.75) is 18.5 Å². The van der Waals surface area contributed by atoms with Gasteiger partial charge >= 0.3 is 6.03 Å². The lowest BCUT2D eigenvalue weighted by Crippen LogP contribution is -2.46. The molecule has 1 saturated heterocycles. The Morgan fingerprint density at radius 2 is 1.89 bits per heavy atom. The number of urea groups is 1. The van der Waals surface area contributed by atoms with Crippen molar-refractivity contribution in [3.8, 4) is 0 Å². The molecular formula is C21H23Cl2N3O2. The number of halogens is 2. The van der Waals surface area contributed by atoms with Gasteiger partial charge in [-0.15, -0.1) is 0 Å². The van der Waals surface area contributed by atoms with Crippen molar-refractivity contribution in [1.29, 1.82) is 0 Å². The predicted octanol–water partition coefficient (Wildman–Crippen LogP) is 4.02. The first-order valence-corrected chi connectivity index (χ1v) is 10.1. The Hall–Kier alpha value is -1.79. The molecule has 2 N–H and O–H groups in total. The van der Waals surface area contributed by atoms with Crippen LogP contribution < -0.4 is 5.73 Å². The van der Waals surface area contributed by atoms with Crippen LogP contribution in [0, 0.1) is 0 Å². The minimum absolute atomic E-state index is 0.148. The van der Waals surface area contributed by atoms with Gasteiger partial charge in [-0.1, -0.05) is 47.5 Å². The molecule has 0 aromatic heterocycles. The molecule has 0 aliphatic carbocycles. The van der Waals surface area contributed by atoms with E-state index < -0.39 is 6.03 Å². The molecule has 2 unspecified atom stereocenters. The second kappa shape index (κ2) is 7.91. The molecule has 2 aliphatic rings. The molecule has 0 saturated carbocycles. The smallest absolute Gasteiger partial charge is 0.315 e. The zero-order valence-corrected chi connectivity index (χ0v) is 17.2. The second-order valence-corrected chi connectivity index (χ2v) is 8.34. The number of primary amides is 1. The van der Waals surface area contributed by atoms with Crippen LogP contribution in [-0.4, -0.2) is 49.2 Å². The Labute approximate surface area is 175 Å². The number of carbonyl (C=O) groups excluding carboxylic acids is 1. The zero-order chi connectivity index (χ0) is 19.8. The number of ether oxygens (including phenoxy) is 1. The van der Waals surface area contributed by atoms with Crippen LogP contribution in [0.1, 0.15) is 34.2 Å². The molecule has 0 spiro atoms. The highest BCUT2D eigenvalue weighted by Gasteiger charge is 2.29. The van der Waals surface area contributed by atoms with Crippen LogP contribution in [-0.2, 0) is 11.3 Å². The van der Waals surface area contributed by atoms with Crippen molar-refractivity contribution in [1.82, 2.24) is 9.80 Å². The summed E-state index contributed by atoms with van der Waals surface area (Å²) >= 11 is 12.7. The topological polar surface area (TPSA) is 58.8 Å². The van der Waals surface area contributed by atoms with Gasteiger partial charge in [0.1, 0.15) is 0 Å². The fraction of sp³-hybridized carbons (Fsp3) is 0.381. The van der Waals surface area contributed by atoms with E-state index in [2.05, 4.69) is 36.2 Å². The van der Waals surface area contributed by atoms with Gasteiger partial charge in [0, 0.05) is 35.6 Å². The summed E-state index contributed by atoms with van der Waals surface area (Å²) < 4.78 is 5.56. The van der Waals surface area contributed by atoms with Crippen molar-refractivity contribution in [3.63, 3.8) is 0 Å². The van der Waals surface area contributed by atoms with E-state index in [9.17, 15) is 4.79 Å². The van der Waals surface area contributed by atoms with Gasteiger partial charge in [-0.25, -0.2) is 4.79 Å². The van der Waals surface area contributed by atoms with Crippen LogP contribution in [0.25, 0.3) is 0 Å².